The van der Waals surface area contributed by atoms with Crippen molar-refractivity contribution in [3.05, 3.63) is 78.0 Å². The average molecular weight is 419 g/mol. The summed E-state index contributed by atoms with van der Waals surface area (Å²) in [5.41, 5.74) is 3.09. The molecule has 31 heavy (non-hydrogen) atoms. The summed E-state index contributed by atoms with van der Waals surface area (Å²) in [5.74, 6) is 1.26. The molecule has 0 atom stereocenters. The van der Waals surface area contributed by atoms with E-state index in [2.05, 4.69) is 15.3 Å². The van der Waals surface area contributed by atoms with E-state index in [0.717, 1.165) is 11.3 Å². The van der Waals surface area contributed by atoms with Crippen LogP contribution in [0.25, 0.3) is 16.8 Å². The molecule has 1 aliphatic rings. The van der Waals surface area contributed by atoms with Crippen molar-refractivity contribution in [3.8, 4) is 11.5 Å². The first-order valence-electron chi connectivity index (χ1n) is 10.0. The van der Waals surface area contributed by atoms with Crippen molar-refractivity contribution in [3.63, 3.8) is 0 Å². The molecule has 1 N–H and O–H groups in total. The summed E-state index contributed by atoms with van der Waals surface area (Å²) in [6.07, 6.45) is 9.83. The van der Waals surface area contributed by atoms with E-state index in [1.807, 2.05) is 44.2 Å². The standard InChI is InChI=1S/C22H19N3O4.C2H6/c1-27-17-10-9-14(13-19(17)28-2)21(26)24-16-7-4-3-6-15(12-16)22-25-20-18(29-22)8-5-11-23-20;1-2/h3-6,8-13H,7H2,1-2H3,(H,24,26);1-2H3. The first kappa shape index (κ1) is 21.8. The molecule has 0 aliphatic heterocycles. The number of amides is 1. The Hall–Kier alpha value is -3.87. The van der Waals surface area contributed by atoms with Crippen LogP contribution in [-0.2, 0) is 0 Å². The van der Waals surface area contributed by atoms with Gasteiger partial charge in [-0.2, -0.15) is 4.98 Å². The van der Waals surface area contributed by atoms with Gasteiger partial charge in [0.2, 0.25) is 5.89 Å². The largest absolute Gasteiger partial charge is 0.493 e. The number of pyridine rings is 1. The molecule has 2 aromatic heterocycles. The van der Waals surface area contributed by atoms with Crippen LogP contribution in [0, 0.1) is 0 Å². The van der Waals surface area contributed by atoms with Gasteiger partial charge in [-0.05, 0) is 42.5 Å². The molecular weight excluding hydrogens is 394 g/mol. The van der Waals surface area contributed by atoms with Crippen LogP contribution in [-0.4, -0.2) is 30.1 Å². The number of ether oxygens (including phenoxy) is 2. The first-order chi connectivity index (χ1) is 15.2. The molecule has 0 unspecified atom stereocenters. The number of benzene rings is 1. The summed E-state index contributed by atoms with van der Waals surface area (Å²) in [6.45, 7) is 4.00. The van der Waals surface area contributed by atoms with Gasteiger partial charge in [0.15, 0.2) is 22.7 Å². The Morgan fingerprint density at radius 2 is 1.94 bits per heavy atom. The zero-order valence-corrected chi connectivity index (χ0v) is 18.0. The Kier molecular flexibility index (Phi) is 7.22. The third kappa shape index (κ3) is 5.01. The lowest BCUT2D eigenvalue weighted by molar-refractivity contribution is 0.0965. The Balaban J connectivity index is 0.00000132. The molecule has 0 saturated heterocycles. The molecule has 7 nitrogen and oxygen atoms in total. The minimum atomic E-state index is -0.244. The monoisotopic (exact) mass is 419 g/mol. The van der Waals surface area contributed by atoms with E-state index >= 15 is 0 Å². The Bertz CT molecular complexity index is 1130. The van der Waals surface area contributed by atoms with Crippen LogP contribution in [0.1, 0.15) is 36.5 Å². The molecular formula is C24H25N3O4. The second kappa shape index (κ2) is 10.2. The minimum absolute atomic E-state index is 0.244. The second-order valence-electron chi connectivity index (χ2n) is 6.29. The smallest absolute Gasteiger partial charge is 0.255 e. The van der Waals surface area contributed by atoms with E-state index in [4.69, 9.17) is 13.9 Å². The molecule has 0 fully saturated rings. The Morgan fingerprint density at radius 1 is 1.13 bits per heavy atom. The lowest BCUT2D eigenvalue weighted by Gasteiger charge is -2.11. The number of nitrogens with zero attached hydrogens (tertiary/aromatic N) is 2. The lowest BCUT2D eigenvalue weighted by Crippen LogP contribution is -2.22. The molecule has 1 aliphatic carbocycles. The van der Waals surface area contributed by atoms with E-state index in [1.165, 1.54) is 7.11 Å². The summed E-state index contributed by atoms with van der Waals surface area (Å²) in [6, 6.07) is 8.64. The van der Waals surface area contributed by atoms with Crippen molar-refractivity contribution < 1.29 is 18.7 Å². The van der Waals surface area contributed by atoms with Gasteiger partial charge in [-0.25, -0.2) is 4.98 Å². The van der Waals surface area contributed by atoms with Crippen LogP contribution in [0.2, 0.25) is 0 Å². The van der Waals surface area contributed by atoms with Crippen LogP contribution >= 0.6 is 0 Å². The number of fused-ring (bicyclic) bond motifs is 1. The van der Waals surface area contributed by atoms with E-state index in [0.29, 0.717) is 40.6 Å². The highest BCUT2D eigenvalue weighted by molar-refractivity contribution is 5.96. The van der Waals surface area contributed by atoms with Gasteiger partial charge < -0.3 is 19.2 Å². The number of rotatable bonds is 5. The highest BCUT2D eigenvalue weighted by atomic mass is 16.5. The number of methoxy groups -OCH3 is 2. The zero-order chi connectivity index (χ0) is 22.2. The fourth-order valence-electron chi connectivity index (χ4n) is 2.97. The number of nitrogens with one attached hydrogen (secondary N) is 1. The van der Waals surface area contributed by atoms with Crippen molar-refractivity contribution >= 4 is 22.7 Å². The summed E-state index contributed by atoms with van der Waals surface area (Å²) in [5, 5.41) is 2.95. The quantitative estimate of drug-likeness (QED) is 0.631. The van der Waals surface area contributed by atoms with Gasteiger partial charge in [-0.15, -0.1) is 0 Å². The number of carbonyl (C=O) groups excluding carboxylic acids is 1. The van der Waals surface area contributed by atoms with Gasteiger partial charge >= 0.3 is 0 Å². The Morgan fingerprint density at radius 3 is 2.68 bits per heavy atom. The van der Waals surface area contributed by atoms with Crippen molar-refractivity contribution in [2.75, 3.05) is 14.2 Å². The SMILES string of the molecule is CC.COc1ccc(C(=O)NC2=CC(c3nc4ncccc4o3)=CC=CC2)cc1OC. The van der Waals surface area contributed by atoms with Crippen LogP contribution in [0.15, 0.2) is 70.9 Å². The van der Waals surface area contributed by atoms with E-state index in [9.17, 15) is 4.79 Å². The maximum absolute atomic E-state index is 12.7. The van der Waals surface area contributed by atoms with E-state index in [-0.39, 0.29) is 5.91 Å². The van der Waals surface area contributed by atoms with Crippen LogP contribution in [0.4, 0.5) is 0 Å². The third-order valence-corrected chi connectivity index (χ3v) is 4.41. The van der Waals surface area contributed by atoms with E-state index in [1.54, 1.807) is 37.6 Å². The van der Waals surface area contributed by atoms with Crippen molar-refractivity contribution in [1.29, 1.82) is 0 Å². The van der Waals surface area contributed by atoms with Gasteiger partial charge in [0, 0.05) is 29.5 Å². The normalized spacial score (nSPS) is 12.8. The number of hydrogen-bond acceptors (Lipinski definition) is 6. The summed E-state index contributed by atoms with van der Waals surface area (Å²) >= 11 is 0. The third-order valence-electron chi connectivity index (χ3n) is 4.41. The predicted octanol–water partition coefficient (Wildman–Crippen LogP) is 4.92. The topological polar surface area (TPSA) is 86.5 Å². The minimum Gasteiger partial charge on any atom is -0.493 e. The molecule has 0 spiro atoms. The first-order valence-corrected chi connectivity index (χ1v) is 10.0. The van der Waals surface area contributed by atoms with Crippen molar-refractivity contribution in [2.24, 2.45) is 0 Å². The van der Waals surface area contributed by atoms with Crippen LogP contribution in [0.5, 0.6) is 11.5 Å². The highest BCUT2D eigenvalue weighted by Gasteiger charge is 2.15. The second-order valence-corrected chi connectivity index (χ2v) is 6.29. The predicted molar refractivity (Wildman–Crippen MR) is 120 cm³/mol. The maximum Gasteiger partial charge on any atom is 0.255 e. The summed E-state index contributed by atoms with van der Waals surface area (Å²) in [4.78, 5) is 21.4. The fraction of sp³-hybridized carbons (Fsp3) is 0.208. The van der Waals surface area contributed by atoms with Gasteiger partial charge in [0.1, 0.15) is 0 Å². The molecule has 3 aromatic rings. The average Bonchev–Trinajstić information content (AvgIpc) is 3.12. The molecule has 1 aromatic carbocycles. The number of allylic oxidation sites excluding steroid dienone is 5. The number of carbonyl (C=O) groups is 1. The summed E-state index contributed by atoms with van der Waals surface area (Å²) in [7, 11) is 3.08. The molecule has 7 heteroatoms. The molecule has 4 rings (SSSR count). The van der Waals surface area contributed by atoms with Crippen molar-refractivity contribution in [2.45, 2.75) is 20.3 Å². The fourth-order valence-corrected chi connectivity index (χ4v) is 2.97. The van der Waals surface area contributed by atoms with Gasteiger partial charge in [0.05, 0.1) is 14.2 Å². The molecule has 2 heterocycles. The van der Waals surface area contributed by atoms with Gasteiger partial charge in [0.25, 0.3) is 5.91 Å². The highest BCUT2D eigenvalue weighted by Crippen LogP contribution is 2.28. The number of hydrogen-bond donors (Lipinski definition) is 1. The van der Waals surface area contributed by atoms with Gasteiger partial charge in [-0.1, -0.05) is 26.0 Å². The molecule has 160 valence electrons. The van der Waals surface area contributed by atoms with Crippen LogP contribution in [0.3, 0.4) is 0 Å². The van der Waals surface area contributed by atoms with Gasteiger partial charge in [-0.3, -0.25) is 4.79 Å². The molecule has 0 saturated carbocycles. The zero-order valence-electron chi connectivity index (χ0n) is 18.0. The maximum atomic E-state index is 12.7. The van der Waals surface area contributed by atoms with Crippen molar-refractivity contribution in [1.82, 2.24) is 15.3 Å². The van der Waals surface area contributed by atoms with E-state index < -0.39 is 0 Å². The number of aromatic nitrogens is 2. The molecule has 0 radical (unpaired) electrons. The lowest BCUT2D eigenvalue weighted by atomic mass is 10.1. The molecule has 0 bridgehead atoms. The number of oxazole rings is 1. The molecule has 1 amide bonds. The van der Waals surface area contributed by atoms with Crippen LogP contribution < -0.4 is 14.8 Å². The Labute approximate surface area is 181 Å². The summed E-state index contributed by atoms with van der Waals surface area (Å²) < 4.78 is 16.3.